The second-order valence-electron chi connectivity index (χ2n) is 2.66. The van der Waals surface area contributed by atoms with Gasteiger partial charge in [-0.1, -0.05) is 5.92 Å². The molecule has 1 heterocycles. The monoisotopic (exact) mass is 193 g/mol. The minimum Gasteiger partial charge on any atom is -0.345 e. The molecule has 0 saturated heterocycles. The fraction of sp³-hybridized carbons (Fsp3) is 0.300. The summed E-state index contributed by atoms with van der Waals surface area (Å²) < 4.78 is 0. The van der Waals surface area contributed by atoms with Gasteiger partial charge in [0.25, 0.3) is 0 Å². The van der Waals surface area contributed by atoms with Crippen molar-refractivity contribution >= 4 is 17.2 Å². The summed E-state index contributed by atoms with van der Waals surface area (Å²) in [7, 11) is 0. The normalized spacial score (nSPS) is 9.23. The van der Waals surface area contributed by atoms with Crippen molar-refractivity contribution in [1.82, 2.24) is 5.32 Å². The highest BCUT2D eigenvalue weighted by molar-refractivity contribution is 7.10. The maximum Gasteiger partial charge on any atom is 0.225 e. The molecule has 1 amide bonds. The van der Waals surface area contributed by atoms with E-state index in [1.54, 1.807) is 11.3 Å². The maximum atomic E-state index is 11.2. The van der Waals surface area contributed by atoms with Gasteiger partial charge in [-0.3, -0.25) is 4.79 Å². The Hall–Kier alpha value is -1.27. The predicted molar refractivity (Wildman–Crippen MR) is 54.6 cm³/mol. The number of hydrogen-bond donors (Lipinski definition) is 1. The van der Waals surface area contributed by atoms with E-state index in [1.807, 2.05) is 18.4 Å². The molecule has 0 aromatic carbocycles. The van der Waals surface area contributed by atoms with Crippen molar-refractivity contribution in [3.63, 3.8) is 0 Å². The van der Waals surface area contributed by atoms with Gasteiger partial charge in [0.1, 0.15) is 0 Å². The number of carbonyl (C=O) groups excluding carboxylic acids is 1. The van der Waals surface area contributed by atoms with E-state index < -0.39 is 0 Å². The Morgan fingerprint density at radius 3 is 3.08 bits per heavy atom. The standard InChI is InChI=1S/C10H11NOS/c1-3-5-11-10(12)7-9-4-6-13-8(9)2/h1,4,6H,5,7H2,2H3,(H,11,12). The quantitative estimate of drug-likeness (QED) is 0.721. The van der Waals surface area contributed by atoms with Crippen molar-refractivity contribution in [1.29, 1.82) is 0 Å². The van der Waals surface area contributed by atoms with Gasteiger partial charge < -0.3 is 5.32 Å². The fourth-order valence-corrected chi connectivity index (χ4v) is 1.71. The van der Waals surface area contributed by atoms with Crippen LogP contribution in [-0.2, 0) is 11.2 Å². The third-order valence-electron chi connectivity index (χ3n) is 1.70. The van der Waals surface area contributed by atoms with E-state index in [0.717, 1.165) is 5.56 Å². The minimum atomic E-state index is -0.0144. The average Bonchev–Trinajstić information content (AvgIpc) is 2.48. The minimum absolute atomic E-state index is 0.0144. The van der Waals surface area contributed by atoms with Crippen molar-refractivity contribution in [2.75, 3.05) is 6.54 Å². The highest BCUT2D eigenvalue weighted by Gasteiger charge is 2.04. The molecule has 2 nitrogen and oxygen atoms in total. The molecule has 0 saturated carbocycles. The second-order valence-corrected chi connectivity index (χ2v) is 3.78. The molecule has 1 aromatic heterocycles. The topological polar surface area (TPSA) is 29.1 Å². The molecule has 1 rings (SSSR count). The van der Waals surface area contributed by atoms with Crippen molar-refractivity contribution in [3.05, 3.63) is 21.9 Å². The molecular formula is C10H11NOS. The van der Waals surface area contributed by atoms with E-state index in [0.29, 0.717) is 13.0 Å². The smallest absolute Gasteiger partial charge is 0.225 e. The number of terminal acetylenes is 1. The first-order chi connectivity index (χ1) is 6.24. The molecular weight excluding hydrogens is 182 g/mol. The summed E-state index contributed by atoms with van der Waals surface area (Å²) in [6.07, 6.45) is 5.45. The lowest BCUT2D eigenvalue weighted by molar-refractivity contribution is -0.120. The largest absolute Gasteiger partial charge is 0.345 e. The van der Waals surface area contributed by atoms with Crippen molar-refractivity contribution in [3.8, 4) is 12.3 Å². The van der Waals surface area contributed by atoms with Crippen LogP contribution in [0.3, 0.4) is 0 Å². The number of carbonyl (C=O) groups is 1. The Bertz CT molecular complexity index is 335. The van der Waals surface area contributed by atoms with Gasteiger partial charge in [0.05, 0.1) is 13.0 Å². The third kappa shape index (κ3) is 2.92. The summed E-state index contributed by atoms with van der Waals surface area (Å²) in [5.74, 6) is 2.35. The van der Waals surface area contributed by atoms with Crippen LogP contribution in [-0.4, -0.2) is 12.5 Å². The van der Waals surface area contributed by atoms with Crippen LogP contribution in [0.1, 0.15) is 10.4 Å². The lowest BCUT2D eigenvalue weighted by atomic mass is 10.2. The molecule has 68 valence electrons. The first-order valence-corrected chi connectivity index (χ1v) is 4.85. The van der Waals surface area contributed by atoms with Crippen LogP contribution in [0.4, 0.5) is 0 Å². The molecule has 3 heteroatoms. The maximum absolute atomic E-state index is 11.2. The van der Waals surface area contributed by atoms with Gasteiger partial charge in [-0.05, 0) is 23.9 Å². The summed E-state index contributed by atoms with van der Waals surface area (Å²) in [6.45, 7) is 2.32. The van der Waals surface area contributed by atoms with Crippen LogP contribution in [0, 0.1) is 19.3 Å². The summed E-state index contributed by atoms with van der Waals surface area (Å²) >= 11 is 1.65. The number of thiophene rings is 1. The van der Waals surface area contributed by atoms with E-state index in [-0.39, 0.29) is 5.91 Å². The van der Waals surface area contributed by atoms with E-state index in [2.05, 4.69) is 11.2 Å². The molecule has 0 aliphatic heterocycles. The van der Waals surface area contributed by atoms with Crippen molar-refractivity contribution in [2.45, 2.75) is 13.3 Å². The van der Waals surface area contributed by atoms with Crippen LogP contribution >= 0.6 is 11.3 Å². The number of nitrogens with one attached hydrogen (secondary N) is 1. The molecule has 0 unspecified atom stereocenters. The fourth-order valence-electron chi connectivity index (χ4n) is 0.980. The van der Waals surface area contributed by atoms with Crippen LogP contribution in [0.15, 0.2) is 11.4 Å². The van der Waals surface area contributed by atoms with Gasteiger partial charge in [0, 0.05) is 4.88 Å². The SMILES string of the molecule is C#CCNC(=O)Cc1ccsc1C. The molecule has 0 aliphatic carbocycles. The second kappa shape index (κ2) is 4.68. The molecule has 0 spiro atoms. The summed E-state index contributed by atoms with van der Waals surface area (Å²) in [5.41, 5.74) is 1.08. The zero-order valence-electron chi connectivity index (χ0n) is 7.46. The molecule has 0 atom stereocenters. The van der Waals surface area contributed by atoms with Crippen molar-refractivity contribution in [2.24, 2.45) is 0 Å². The highest BCUT2D eigenvalue weighted by atomic mass is 32.1. The molecule has 0 radical (unpaired) electrons. The van der Waals surface area contributed by atoms with E-state index in [4.69, 9.17) is 6.42 Å². The van der Waals surface area contributed by atoms with Crippen LogP contribution in [0.2, 0.25) is 0 Å². The number of aryl methyl sites for hydroxylation is 1. The number of rotatable bonds is 3. The van der Waals surface area contributed by atoms with E-state index >= 15 is 0 Å². The van der Waals surface area contributed by atoms with Gasteiger partial charge in [-0.25, -0.2) is 0 Å². The molecule has 1 aromatic rings. The molecule has 0 bridgehead atoms. The Morgan fingerprint density at radius 1 is 1.77 bits per heavy atom. The van der Waals surface area contributed by atoms with Crippen LogP contribution in [0.5, 0.6) is 0 Å². The van der Waals surface area contributed by atoms with Crippen molar-refractivity contribution < 1.29 is 4.79 Å². The Morgan fingerprint density at radius 2 is 2.54 bits per heavy atom. The van der Waals surface area contributed by atoms with E-state index in [1.165, 1.54) is 4.88 Å². The molecule has 1 N–H and O–H groups in total. The molecule has 0 aliphatic rings. The number of amides is 1. The first kappa shape index (κ1) is 9.82. The van der Waals surface area contributed by atoms with Gasteiger partial charge >= 0.3 is 0 Å². The van der Waals surface area contributed by atoms with Gasteiger partial charge in [-0.2, -0.15) is 0 Å². The molecule has 0 fully saturated rings. The zero-order chi connectivity index (χ0) is 9.68. The summed E-state index contributed by atoms with van der Waals surface area (Å²) in [6, 6.07) is 1.97. The van der Waals surface area contributed by atoms with Gasteiger partial charge in [0.2, 0.25) is 5.91 Å². The van der Waals surface area contributed by atoms with Gasteiger partial charge in [-0.15, -0.1) is 17.8 Å². The lowest BCUT2D eigenvalue weighted by Crippen LogP contribution is -2.25. The predicted octanol–water partition coefficient (Wildman–Crippen LogP) is 1.35. The van der Waals surface area contributed by atoms with Gasteiger partial charge in [0.15, 0.2) is 0 Å². The molecule has 13 heavy (non-hydrogen) atoms. The third-order valence-corrected chi connectivity index (χ3v) is 2.59. The summed E-state index contributed by atoms with van der Waals surface area (Å²) in [4.78, 5) is 12.4. The highest BCUT2D eigenvalue weighted by Crippen LogP contribution is 2.15. The Kier molecular flexibility index (Phi) is 3.53. The van der Waals surface area contributed by atoms with Crippen LogP contribution in [0.25, 0.3) is 0 Å². The zero-order valence-corrected chi connectivity index (χ0v) is 8.28. The average molecular weight is 193 g/mol. The number of hydrogen-bond acceptors (Lipinski definition) is 2. The van der Waals surface area contributed by atoms with Crippen LogP contribution < -0.4 is 5.32 Å². The van der Waals surface area contributed by atoms with E-state index in [9.17, 15) is 4.79 Å². The lowest BCUT2D eigenvalue weighted by Gasteiger charge is -2.00. The first-order valence-electron chi connectivity index (χ1n) is 3.97. The Balaban J connectivity index is 2.46. The Labute approximate surface area is 82.0 Å². The summed E-state index contributed by atoms with van der Waals surface area (Å²) in [5, 5.41) is 4.61.